The van der Waals surface area contributed by atoms with Crippen molar-refractivity contribution in [2.24, 2.45) is 0 Å². The van der Waals surface area contributed by atoms with E-state index >= 15 is 0 Å². The maximum atomic E-state index is 12.8. The number of rotatable bonds is 2. The Morgan fingerprint density at radius 1 is 1.26 bits per heavy atom. The van der Waals surface area contributed by atoms with Gasteiger partial charge in [-0.15, -0.1) is 0 Å². The normalized spacial score (nSPS) is 29.3. The van der Waals surface area contributed by atoms with E-state index in [-0.39, 0.29) is 17.9 Å². The molecule has 3 rings (SSSR count). The molecule has 0 unspecified atom stereocenters. The van der Waals surface area contributed by atoms with Crippen molar-refractivity contribution >= 4 is 17.8 Å². The molecule has 2 saturated heterocycles. The Labute approximate surface area is 137 Å². The second-order valence-electron chi connectivity index (χ2n) is 7.21. The van der Waals surface area contributed by atoms with Gasteiger partial charge in [0.25, 0.3) is 5.91 Å². The Morgan fingerprint density at radius 2 is 1.91 bits per heavy atom. The first-order valence-electron chi connectivity index (χ1n) is 8.50. The minimum absolute atomic E-state index is 0.0879. The van der Waals surface area contributed by atoms with Crippen LogP contribution in [0.2, 0.25) is 0 Å². The molecule has 23 heavy (non-hydrogen) atoms. The number of carbonyl (C=O) groups is 3. The first-order valence-corrected chi connectivity index (χ1v) is 8.50. The third-order valence-corrected chi connectivity index (χ3v) is 5.51. The van der Waals surface area contributed by atoms with Gasteiger partial charge in [0.2, 0.25) is 5.91 Å². The van der Waals surface area contributed by atoms with Crippen LogP contribution >= 0.6 is 0 Å². The highest BCUT2D eigenvalue weighted by atomic mass is 16.2. The lowest BCUT2D eigenvalue weighted by Gasteiger charge is -2.40. The molecule has 3 aliphatic rings. The van der Waals surface area contributed by atoms with Gasteiger partial charge in [0, 0.05) is 25.7 Å². The summed E-state index contributed by atoms with van der Waals surface area (Å²) in [6.07, 6.45) is 3.25. The Morgan fingerprint density at radius 3 is 2.52 bits per heavy atom. The molecule has 0 aromatic heterocycles. The van der Waals surface area contributed by atoms with Gasteiger partial charge in [-0.25, -0.2) is 9.69 Å². The number of nitrogens with zero attached hydrogens (tertiary/aromatic N) is 3. The Balaban J connectivity index is 1.74. The van der Waals surface area contributed by atoms with Crippen LogP contribution in [0.25, 0.3) is 0 Å². The number of hydrogen-bond donors (Lipinski definition) is 1. The molecule has 0 aromatic rings. The molecule has 2 heterocycles. The van der Waals surface area contributed by atoms with Crippen molar-refractivity contribution in [2.75, 3.05) is 26.7 Å². The Bertz CT molecular complexity index is 529. The van der Waals surface area contributed by atoms with Gasteiger partial charge in [0.05, 0.1) is 0 Å². The highest BCUT2D eigenvalue weighted by Gasteiger charge is 2.55. The van der Waals surface area contributed by atoms with Gasteiger partial charge >= 0.3 is 6.03 Å². The van der Waals surface area contributed by atoms with Crippen molar-refractivity contribution < 1.29 is 14.4 Å². The van der Waals surface area contributed by atoms with Crippen LogP contribution in [0, 0.1) is 0 Å². The minimum Gasteiger partial charge on any atom is -0.336 e. The van der Waals surface area contributed by atoms with Crippen molar-refractivity contribution in [2.45, 2.75) is 57.2 Å². The largest absolute Gasteiger partial charge is 0.336 e. The molecular formula is C16H26N4O3. The van der Waals surface area contributed by atoms with E-state index in [1.807, 2.05) is 14.0 Å². The fourth-order valence-electron chi connectivity index (χ4n) is 4.13. The number of hydrogen-bond acceptors (Lipinski definition) is 4. The summed E-state index contributed by atoms with van der Waals surface area (Å²) in [5.74, 6) is -0.355. The number of urea groups is 1. The SMILES string of the molecule is C[C@@H]1CN(C)CCN1C(=O)[C@H](C)N1C(=O)NC2(CCCC2)C1=O. The molecule has 7 nitrogen and oxygen atoms in total. The molecule has 0 radical (unpaired) electrons. The topological polar surface area (TPSA) is 73.0 Å². The van der Waals surface area contributed by atoms with Crippen molar-refractivity contribution in [3.8, 4) is 0 Å². The van der Waals surface area contributed by atoms with Gasteiger partial charge in [0.1, 0.15) is 11.6 Å². The van der Waals surface area contributed by atoms with Crippen LogP contribution in [0.5, 0.6) is 0 Å². The lowest BCUT2D eigenvalue weighted by molar-refractivity contribution is -0.145. The number of nitrogens with one attached hydrogen (secondary N) is 1. The zero-order valence-electron chi connectivity index (χ0n) is 14.2. The second kappa shape index (κ2) is 5.78. The van der Waals surface area contributed by atoms with Crippen molar-refractivity contribution in [3.63, 3.8) is 0 Å². The molecule has 2 aliphatic heterocycles. The van der Waals surface area contributed by atoms with Crippen LogP contribution in [0.3, 0.4) is 0 Å². The summed E-state index contributed by atoms with van der Waals surface area (Å²) in [7, 11) is 2.03. The van der Waals surface area contributed by atoms with E-state index in [0.717, 1.165) is 30.8 Å². The van der Waals surface area contributed by atoms with Crippen molar-refractivity contribution in [1.82, 2.24) is 20.0 Å². The first kappa shape index (κ1) is 16.2. The molecule has 4 amide bonds. The number of likely N-dealkylation sites (N-methyl/N-ethyl adjacent to an activating group) is 1. The zero-order chi connectivity index (χ0) is 16.8. The zero-order valence-corrected chi connectivity index (χ0v) is 14.2. The molecule has 0 bridgehead atoms. The fourth-order valence-corrected chi connectivity index (χ4v) is 4.13. The van der Waals surface area contributed by atoms with Crippen LogP contribution in [-0.4, -0.2) is 76.8 Å². The lowest BCUT2D eigenvalue weighted by Crippen LogP contribution is -2.58. The van der Waals surface area contributed by atoms with Gasteiger partial charge in [-0.1, -0.05) is 12.8 Å². The molecule has 0 aromatic carbocycles. The number of imide groups is 1. The van der Waals surface area contributed by atoms with Crippen LogP contribution < -0.4 is 5.32 Å². The van der Waals surface area contributed by atoms with Crippen molar-refractivity contribution in [3.05, 3.63) is 0 Å². The summed E-state index contributed by atoms with van der Waals surface area (Å²) in [5, 5.41) is 2.84. The summed E-state index contributed by atoms with van der Waals surface area (Å²) in [4.78, 5) is 43.0. The quantitative estimate of drug-likeness (QED) is 0.747. The molecule has 7 heteroatoms. The monoisotopic (exact) mass is 322 g/mol. The predicted octanol–water partition coefficient (Wildman–Crippen LogP) is 0.402. The lowest BCUT2D eigenvalue weighted by atomic mass is 9.97. The standard InChI is InChI=1S/C16H26N4O3/c1-11-10-18(3)8-9-19(11)13(21)12(2)20-14(22)16(17-15(20)23)6-4-5-7-16/h11-12H,4-10H2,1-3H3,(H,17,23)/t11-,12+/m1/s1. The second-order valence-corrected chi connectivity index (χ2v) is 7.21. The van der Waals surface area contributed by atoms with E-state index in [4.69, 9.17) is 0 Å². The van der Waals surface area contributed by atoms with E-state index in [1.54, 1.807) is 11.8 Å². The summed E-state index contributed by atoms with van der Waals surface area (Å²) in [6, 6.07) is -1.07. The highest BCUT2D eigenvalue weighted by Crippen LogP contribution is 2.36. The highest BCUT2D eigenvalue weighted by molar-refractivity contribution is 6.10. The van der Waals surface area contributed by atoms with E-state index in [0.29, 0.717) is 19.4 Å². The molecule has 1 saturated carbocycles. The summed E-state index contributed by atoms with van der Waals surface area (Å²) < 4.78 is 0. The molecule has 2 atom stereocenters. The minimum atomic E-state index is -0.751. The van der Waals surface area contributed by atoms with Crippen LogP contribution in [0.4, 0.5) is 4.79 Å². The van der Waals surface area contributed by atoms with E-state index < -0.39 is 17.6 Å². The van der Waals surface area contributed by atoms with Crippen LogP contribution in [0.1, 0.15) is 39.5 Å². The maximum absolute atomic E-state index is 12.8. The van der Waals surface area contributed by atoms with Gasteiger partial charge in [-0.2, -0.15) is 0 Å². The van der Waals surface area contributed by atoms with Gasteiger partial charge in [-0.05, 0) is 33.7 Å². The molecule has 128 valence electrons. The van der Waals surface area contributed by atoms with E-state index in [9.17, 15) is 14.4 Å². The summed E-state index contributed by atoms with van der Waals surface area (Å²) >= 11 is 0. The number of piperazine rings is 1. The number of amides is 4. The predicted molar refractivity (Wildman–Crippen MR) is 84.7 cm³/mol. The third-order valence-electron chi connectivity index (χ3n) is 5.51. The van der Waals surface area contributed by atoms with Gasteiger partial charge in [0.15, 0.2) is 0 Å². The fraction of sp³-hybridized carbons (Fsp3) is 0.812. The van der Waals surface area contributed by atoms with Crippen LogP contribution in [0.15, 0.2) is 0 Å². The van der Waals surface area contributed by atoms with E-state index in [2.05, 4.69) is 10.2 Å². The maximum Gasteiger partial charge on any atom is 0.325 e. The molecule has 1 N–H and O–H groups in total. The van der Waals surface area contributed by atoms with Crippen molar-refractivity contribution in [1.29, 1.82) is 0 Å². The number of carbonyl (C=O) groups excluding carboxylic acids is 3. The summed E-state index contributed by atoms with van der Waals surface area (Å²) in [6.45, 7) is 5.93. The first-order chi connectivity index (χ1) is 10.9. The smallest absolute Gasteiger partial charge is 0.325 e. The Kier molecular flexibility index (Phi) is 4.08. The average Bonchev–Trinajstić information content (AvgIpc) is 3.04. The summed E-state index contributed by atoms with van der Waals surface area (Å²) in [5.41, 5.74) is -0.751. The molecule has 3 fully saturated rings. The molecule has 1 spiro atoms. The van der Waals surface area contributed by atoms with Gasteiger partial charge in [-0.3, -0.25) is 9.59 Å². The average molecular weight is 322 g/mol. The Hall–Kier alpha value is -1.63. The van der Waals surface area contributed by atoms with Gasteiger partial charge < -0.3 is 15.1 Å². The molecular weight excluding hydrogens is 296 g/mol. The molecule has 1 aliphatic carbocycles. The third kappa shape index (κ3) is 2.60. The van der Waals surface area contributed by atoms with E-state index in [1.165, 1.54) is 0 Å². The van der Waals surface area contributed by atoms with Crippen LogP contribution in [-0.2, 0) is 9.59 Å².